The Morgan fingerprint density at radius 3 is 2.23 bits per heavy atom. The van der Waals surface area contributed by atoms with Gasteiger partial charge in [0.2, 0.25) is 16.0 Å². The average Bonchev–Trinajstić information content (AvgIpc) is 2.74. The Kier molecular flexibility index (Phi) is 6.52. The van der Waals surface area contributed by atoms with E-state index < -0.39 is 21.9 Å². The SMILES string of the molecule is CC(C)(C)c1ccc(S(=O)(=O)NCc2ccc(C(=O)Nc3cccnc3F)cc2)cc1. The zero-order valence-electron chi connectivity index (χ0n) is 17.5. The minimum Gasteiger partial charge on any atom is -0.318 e. The number of benzene rings is 2. The van der Waals surface area contributed by atoms with E-state index in [-0.39, 0.29) is 22.5 Å². The van der Waals surface area contributed by atoms with Crippen LogP contribution in [0.5, 0.6) is 0 Å². The molecule has 31 heavy (non-hydrogen) atoms. The Morgan fingerprint density at radius 1 is 1.00 bits per heavy atom. The molecule has 0 spiro atoms. The lowest BCUT2D eigenvalue weighted by molar-refractivity contribution is 0.102. The standard InChI is InChI=1S/C23H24FN3O3S/c1-23(2,3)18-10-12-19(13-11-18)31(29,30)26-15-16-6-8-17(9-7-16)22(28)27-20-5-4-14-25-21(20)24/h4-14,26H,15H2,1-3H3,(H,27,28). The summed E-state index contributed by atoms with van der Waals surface area (Å²) in [6, 6.07) is 16.1. The van der Waals surface area contributed by atoms with Gasteiger partial charge in [0.05, 0.1) is 10.6 Å². The first kappa shape index (κ1) is 22.6. The molecule has 0 bridgehead atoms. The topological polar surface area (TPSA) is 88.2 Å². The molecule has 0 aliphatic heterocycles. The Bertz CT molecular complexity index is 1170. The number of sulfonamides is 1. The molecule has 1 amide bonds. The van der Waals surface area contributed by atoms with E-state index in [1.807, 2.05) is 12.1 Å². The highest BCUT2D eigenvalue weighted by Crippen LogP contribution is 2.23. The van der Waals surface area contributed by atoms with E-state index in [1.54, 1.807) is 36.4 Å². The van der Waals surface area contributed by atoms with E-state index >= 15 is 0 Å². The first-order valence-electron chi connectivity index (χ1n) is 9.67. The van der Waals surface area contributed by atoms with Gasteiger partial charge in [0, 0.05) is 18.3 Å². The number of hydrogen-bond donors (Lipinski definition) is 2. The summed E-state index contributed by atoms with van der Waals surface area (Å²) >= 11 is 0. The Morgan fingerprint density at radius 2 is 1.65 bits per heavy atom. The molecule has 6 nitrogen and oxygen atoms in total. The summed E-state index contributed by atoms with van der Waals surface area (Å²) in [5.74, 6) is -1.25. The zero-order valence-corrected chi connectivity index (χ0v) is 18.3. The summed E-state index contributed by atoms with van der Waals surface area (Å²) in [4.78, 5) is 15.9. The predicted octanol–water partition coefficient (Wildman–Crippen LogP) is 4.25. The van der Waals surface area contributed by atoms with Crippen molar-refractivity contribution in [2.75, 3.05) is 5.32 Å². The number of carbonyl (C=O) groups is 1. The van der Waals surface area contributed by atoms with Crippen molar-refractivity contribution >= 4 is 21.6 Å². The van der Waals surface area contributed by atoms with Crippen LogP contribution in [0.1, 0.15) is 42.3 Å². The molecular formula is C23H24FN3O3S. The van der Waals surface area contributed by atoms with Crippen LogP contribution < -0.4 is 10.0 Å². The molecule has 2 N–H and O–H groups in total. The molecule has 0 radical (unpaired) electrons. The number of halogens is 1. The smallest absolute Gasteiger partial charge is 0.255 e. The normalized spacial score (nSPS) is 11.9. The van der Waals surface area contributed by atoms with Gasteiger partial charge in [-0.1, -0.05) is 45.0 Å². The van der Waals surface area contributed by atoms with Gasteiger partial charge in [-0.2, -0.15) is 4.39 Å². The van der Waals surface area contributed by atoms with Crippen LogP contribution in [0.25, 0.3) is 0 Å². The lowest BCUT2D eigenvalue weighted by atomic mass is 9.87. The van der Waals surface area contributed by atoms with Crippen LogP contribution in [-0.2, 0) is 22.0 Å². The van der Waals surface area contributed by atoms with Crippen LogP contribution >= 0.6 is 0 Å². The van der Waals surface area contributed by atoms with E-state index in [0.29, 0.717) is 11.1 Å². The van der Waals surface area contributed by atoms with Crippen molar-refractivity contribution in [3.05, 3.63) is 89.5 Å². The van der Waals surface area contributed by atoms with Crippen LogP contribution in [0.4, 0.5) is 10.1 Å². The lowest BCUT2D eigenvalue weighted by Crippen LogP contribution is -2.23. The van der Waals surface area contributed by atoms with Crippen LogP contribution in [0.2, 0.25) is 0 Å². The second kappa shape index (κ2) is 8.95. The molecule has 0 atom stereocenters. The fraction of sp³-hybridized carbons (Fsp3) is 0.217. The van der Waals surface area contributed by atoms with E-state index in [1.165, 1.54) is 18.3 Å². The van der Waals surface area contributed by atoms with Crippen molar-refractivity contribution < 1.29 is 17.6 Å². The molecular weight excluding hydrogens is 417 g/mol. The summed E-state index contributed by atoms with van der Waals surface area (Å²) < 4.78 is 41.3. The molecule has 0 saturated carbocycles. The molecule has 8 heteroatoms. The quantitative estimate of drug-likeness (QED) is 0.560. The van der Waals surface area contributed by atoms with Crippen molar-refractivity contribution in [2.45, 2.75) is 37.6 Å². The molecule has 0 unspecified atom stereocenters. The monoisotopic (exact) mass is 441 g/mol. The number of hydrogen-bond acceptors (Lipinski definition) is 4. The van der Waals surface area contributed by atoms with Gasteiger partial charge in [-0.15, -0.1) is 0 Å². The van der Waals surface area contributed by atoms with E-state index in [2.05, 4.69) is 35.8 Å². The minimum absolute atomic E-state index is 0.0122. The van der Waals surface area contributed by atoms with Crippen LogP contribution in [-0.4, -0.2) is 19.3 Å². The predicted molar refractivity (Wildman–Crippen MR) is 118 cm³/mol. The number of nitrogens with one attached hydrogen (secondary N) is 2. The molecule has 162 valence electrons. The first-order chi connectivity index (χ1) is 14.6. The Balaban J connectivity index is 1.63. The third-order valence-corrected chi connectivity index (χ3v) is 6.14. The van der Waals surface area contributed by atoms with Gasteiger partial charge in [0.15, 0.2) is 0 Å². The summed E-state index contributed by atoms with van der Waals surface area (Å²) in [7, 11) is -3.67. The molecule has 3 rings (SSSR count). The van der Waals surface area contributed by atoms with Gasteiger partial charge < -0.3 is 5.32 Å². The third-order valence-electron chi connectivity index (χ3n) is 4.72. The van der Waals surface area contributed by atoms with Crippen molar-refractivity contribution in [1.82, 2.24) is 9.71 Å². The lowest BCUT2D eigenvalue weighted by Gasteiger charge is -2.19. The molecule has 1 heterocycles. The molecule has 2 aromatic carbocycles. The summed E-state index contributed by atoms with van der Waals surface area (Å²) in [6.07, 6.45) is 1.29. The maximum Gasteiger partial charge on any atom is 0.255 e. The summed E-state index contributed by atoms with van der Waals surface area (Å²) in [6.45, 7) is 6.26. The maximum absolute atomic E-state index is 13.6. The number of amides is 1. The molecule has 0 aliphatic carbocycles. The van der Waals surface area contributed by atoms with Crippen LogP contribution in [0.3, 0.4) is 0 Å². The van der Waals surface area contributed by atoms with Gasteiger partial charge in [-0.25, -0.2) is 18.1 Å². The minimum atomic E-state index is -3.67. The third kappa shape index (κ3) is 5.74. The highest BCUT2D eigenvalue weighted by molar-refractivity contribution is 7.89. The largest absolute Gasteiger partial charge is 0.318 e. The van der Waals surface area contributed by atoms with Gasteiger partial charge >= 0.3 is 0 Å². The van der Waals surface area contributed by atoms with Gasteiger partial charge in [0.1, 0.15) is 0 Å². The van der Waals surface area contributed by atoms with Crippen LogP contribution in [0, 0.1) is 5.95 Å². The second-order valence-electron chi connectivity index (χ2n) is 8.09. The van der Waals surface area contributed by atoms with Crippen molar-refractivity contribution in [1.29, 1.82) is 0 Å². The average molecular weight is 442 g/mol. The van der Waals surface area contributed by atoms with E-state index in [0.717, 1.165) is 5.56 Å². The highest BCUT2D eigenvalue weighted by Gasteiger charge is 2.17. The first-order valence-corrected chi connectivity index (χ1v) is 11.2. The highest BCUT2D eigenvalue weighted by atomic mass is 32.2. The fourth-order valence-corrected chi connectivity index (χ4v) is 3.86. The number of pyridine rings is 1. The molecule has 0 saturated heterocycles. The van der Waals surface area contributed by atoms with Crippen molar-refractivity contribution in [2.24, 2.45) is 0 Å². The summed E-state index contributed by atoms with van der Waals surface area (Å²) in [5, 5.41) is 2.45. The number of nitrogens with zero attached hydrogens (tertiary/aromatic N) is 1. The molecule has 0 fully saturated rings. The van der Waals surface area contributed by atoms with Crippen molar-refractivity contribution in [3.8, 4) is 0 Å². The molecule has 0 aliphatic rings. The zero-order chi connectivity index (χ0) is 22.6. The number of anilines is 1. The Hall–Kier alpha value is -3.10. The van der Waals surface area contributed by atoms with E-state index in [4.69, 9.17) is 0 Å². The second-order valence-corrected chi connectivity index (χ2v) is 9.86. The molecule has 3 aromatic rings. The number of aromatic nitrogens is 1. The van der Waals surface area contributed by atoms with Crippen LogP contribution in [0.15, 0.2) is 71.8 Å². The van der Waals surface area contributed by atoms with Gasteiger partial charge in [-0.3, -0.25) is 4.79 Å². The summed E-state index contributed by atoms with van der Waals surface area (Å²) in [5.41, 5.74) is 1.96. The number of rotatable bonds is 6. The van der Waals surface area contributed by atoms with Gasteiger partial charge in [0.25, 0.3) is 5.91 Å². The Labute approximate surface area is 181 Å². The van der Waals surface area contributed by atoms with E-state index in [9.17, 15) is 17.6 Å². The fourth-order valence-electron chi connectivity index (χ4n) is 2.84. The molecule has 1 aromatic heterocycles. The maximum atomic E-state index is 13.6. The van der Waals surface area contributed by atoms with Crippen molar-refractivity contribution in [3.63, 3.8) is 0 Å². The number of carbonyl (C=O) groups excluding carboxylic acids is 1. The van der Waals surface area contributed by atoms with Gasteiger partial charge in [-0.05, 0) is 52.9 Å².